The van der Waals surface area contributed by atoms with Crippen molar-refractivity contribution in [2.75, 3.05) is 32.7 Å². The SMILES string of the molecule is CC(O)CN(CCN(CC(C)O)N=O)CC(C)O. The van der Waals surface area contributed by atoms with E-state index in [1.165, 1.54) is 5.01 Å². The van der Waals surface area contributed by atoms with Crippen molar-refractivity contribution < 1.29 is 15.3 Å². The average Bonchev–Trinajstić information content (AvgIpc) is 2.21. The summed E-state index contributed by atoms with van der Waals surface area (Å²) in [5.41, 5.74) is 0. The number of rotatable bonds is 10. The topological polar surface area (TPSA) is 96.6 Å². The molecule has 0 fully saturated rings. The van der Waals surface area contributed by atoms with Gasteiger partial charge in [-0.1, -0.05) is 0 Å². The standard InChI is InChI=1S/C11H25N3O4/c1-9(15)6-13(7-10(2)16)4-5-14(12-18)8-11(3)17/h9-11,15-17H,4-8H2,1-3H3. The van der Waals surface area contributed by atoms with Gasteiger partial charge in [-0.05, 0) is 20.8 Å². The summed E-state index contributed by atoms with van der Waals surface area (Å²) in [7, 11) is 0. The molecule has 0 radical (unpaired) electrons. The molecular formula is C11H25N3O4. The molecule has 3 unspecified atom stereocenters. The normalized spacial score (nSPS) is 16.4. The van der Waals surface area contributed by atoms with Gasteiger partial charge < -0.3 is 15.3 Å². The average molecular weight is 263 g/mol. The van der Waals surface area contributed by atoms with Gasteiger partial charge in [0.05, 0.1) is 36.7 Å². The number of hydrogen-bond donors (Lipinski definition) is 3. The molecule has 0 aliphatic carbocycles. The molecule has 0 heterocycles. The van der Waals surface area contributed by atoms with Crippen molar-refractivity contribution in [3.05, 3.63) is 4.91 Å². The highest BCUT2D eigenvalue weighted by atomic mass is 16.3. The number of aliphatic hydroxyl groups excluding tert-OH is 3. The van der Waals surface area contributed by atoms with Crippen LogP contribution in [0.2, 0.25) is 0 Å². The summed E-state index contributed by atoms with van der Waals surface area (Å²) in [5, 5.41) is 31.9. The second kappa shape index (κ2) is 9.21. The van der Waals surface area contributed by atoms with E-state index in [2.05, 4.69) is 5.29 Å². The highest BCUT2D eigenvalue weighted by Gasteiger charge is 2.14. The van der Waals surface area contributed by atoms with Crippen LogP contribution in [-0.2, 0) is 0 Å². The van der Waals surface area contributed by atoms with Crippen molar-refractivity contribution in [1.29, 1.82) is 0 Å². The molecular weight excluding hydrogens is 238 g/mol. The van der Waals surface area contributed by atoms with Crippen molar-refractivity contribution in [3.8, 4) is 0 Å². The van der Waals surface area contributed by atoms with E-state index in [0.717, 1.165) is 0 Å². The lowest BCUT2D eigenvalue weighted by atomic mass is 10.3. The molecule has 0 bridgehead atoms. The van der Waals surface area contributed by atoms with Crippen LogP contribution in [0.4, 0.5) is 0 Å². The molecule has 108 valence electrons. The first-order valence-electron chi connectivity index (χ1n) is 6.20. The van der Waals surface area contributed by atoms with Gasteiger partial charge in [0, 0.05) is 19.6 Å². The molecule has 0 aliphatic rings. The largest absolute Gasteiger partial charge is 0.392 e. The fourth-order valence-electron chi connectivity index (χ4n) is 1.73. The predicted octanol–water partition coefficient (Wildman–Crippen LogP) is -0.586. The minimum atomic E-state index is -0.621. The fourth-order valence-corrected chi connectivity index (χ4v) is 1.73. The smallest absolute Gasteiger partial charge is 0.0705 e. The Morgan fingerprint density at radius 3 is 1.67 bits per heavy atom. The Hall–Kier alpha value is -0.760. The zero-order chi connectivity index (χ0) is 14.1. The maximum Gasteiger partial charge on any atom is 0.0705 e. The van der Waals surface area contributed by atoms with Gasteiger partial charge in [0.25, 0.3) is 0 Å². The summed E-state index contributed by atoms with van der Waals surface area (Å²) in [6, 6.07) is 0. The zero-order valence-electron chi connectivity index (χ0n) is 11.4. The Morgan fingerprint density at radius 1 is 0.889 bits per heavy atom. The molecule has 3 atom stereocenters. The van der Waals surface area contributed by atoms with E-state index < -0.39 is 18.3 Å². The van der Waals surface area contributed by atoms with E-state index in [9.17, 15) is 20.2 Å². The first-order chi connectivity index (χ1) is 8.35. The van der Waals surface area contributed by atoms with Crippen molar-refractivity contribution in [2.24, 2.45) is 5.29 Å². The third-order valence-electron chi connectivity index (χ3n) is 2.31. The van der Waals surface area contributed by atoms with E-state index in [4.69, 9.17) is 0 Å². The lowest BCUT2D eigenvalue weighted by molar-refractivity contribution is 0.0686. The van der Waals surface area contributed by atoms with Gasteiger partial charge in [-0.15, -0.1) is 4.91 Å². The van der Waals surface area contributed by atoms with Gasteiger partial charge in [-0.3, -0.25) is 9.91 Å². The van der Waals surface area contributed by atoms with E-state index >= 15 is 0 Å². The molecule has 0 aliphatic heterocycles. The zero-order valence-corrected chi connectivity index (χ0v) is 11.4. The van der Waals surface area contributed by atoms with Gasteiger partial charge in [0.1, 0.15) is 0 Å². The van der Waals surface area contributed by atoms with E-state index in [1.54, 1.807) is 20.8 Å². The molecule has 0 aromatic rings. The first-order valence-corrected chi connectivity index (χ1v) is 6.20. The highest BCUT2D eigenvalue weighted by Crippen LogP contribution is 1.99. The summed E-state index contributed by atoms with van der Waals surface area (Å²) in [4.78, 5) is 12.4. The Labute approximate surface area is 108 Å². The van der Waals surface area contributed by atoms with Crippen LogP contribution in [0.5, 0.6) is 0 Å². The molecule has 0 saturated carbocycles. The maximum absolute atomic E-state index is 10.5. The summed E-state index contributed by atoms with van der Waals surface area (Å²) in [6.45, 7) is 6.80. The van der Waals surface area contributed by atoms with Crippen molar-refractivity contribution >= 4 is 0 Å². The van der Waals surface area contributed by atoms with Crippen LogP contribution >= 0.6 is 0 Å². The monoisotopic (exact) mass is 263 g/mol. The van der Waals surface area contributed by atoms with Crippen molar-refractivity contribution in [2.45, 2.75) is 39.1 Å². The molecule has 0 aromatic heterocycles. The van der Waals surface area contributed by atoms with Gasteiger partial charge in [-0.2, -0.15) is 0 Å². The van der Waals surface area contributed by atoms with Crippen LogP contribution in [0, 0.1) is 4.91 Å². The molecule has 0 amide bonds. The minimum Gasteiger partial charge on any atom is -0.392 e. The van der Waals surface area contributed by atoms with Crippen molar-refractivity contribution in [3.63, 3.8) is 0 Å². The third kappa shape index (κ3) is 9.29. The molecule has 3 N–H and O–H groups in total. The van der Waals surface area contributed by atoms with Crippen LogP contribution in [0.25, 0.3) is 0 Å². The maximum atomic E-state index is 10.5. The molecule has 7 nitrogen and oxygen atoms in total. The van der Waals surface area contributed by atoms with Gasteiger partial charge in [0.2, 0.25) is 0 Å². The Morgan fingerprint density at radius 2 is 1.33 bits per heavy atom. The fraction of sp³-hybridized carbons (Fsp3) is 1.00. The summed E-state index contributed by atoms with van der Waals surface area (Å²) in [6.07, 6.45) is -1.62. The van der Waals surface area contributed by atoms with E-state index in [1.807, 2.05) is 4.90 Å². The highest BCUT2D eigenvalue weighted by molar-refractivity contribution is 4.67. The van der Waals surface area contributed by atoms with Gasteiger partial charge >= 0.3 is 0 Å². The second-order valence-corrected chi connectivity index (χ2v) is 4.80. The lowest BCUT2D eigenvalue weighted by Gasteiger charge is -2.27. The molecule has 18 heavy (non-hydrogen) atoms. The summed E-state index contributed by atoms with van der Waals surface area (Å²) < 4.78 is 0. The molecule has 0 aromatic carbocycles. The number of nitrogens with zero attached hydrogens (tertiary/aromatic N) is 3. The molecule has 0 saturated heterocycles. The number of nitroso groups, excluding NO2 is 1. The van der Waals surface area contributed by atoms with Gasteiger partial charge in [-0.25, -0.2) is 0 Å². The van der Waals surface area contributed by atoms with E-state index in [0.29, 0.717) is 26.2 Å². The van der Waals surface area contributed by atoms with E-state index in [-0.39, 0.29) is 6.54 Å². The summed E-state index contributed by atoms with van der Waals surface area (Å²) >= 11 is 0. The first kappa shape index (κ1) is 17.2. The van der Waals surface area contributed by atoms with Crippen LogP contribution in [0.15, 0.2) is 5.29 Å². The predicted molar refractivity (Wildman–Crippen MR) is 68.9 cm³/mol. The lowest BCUT2D eigenvalue weighted by Crippen LogP contribution is -2.41. The van der Waals surface area contributed by atoms with Gasteiger partial charge in [0.15, 0.2) is 0 Å². The van der Waals surface area contributed by atoms with Crippen LogP contribution < -0.4 is 0 Å². The Kier molecular flexibility index (Phi) is 8.82. The molecule has 0 spiro atoms. The van der Waals surface area contributed by atoms with Crippen molar-refractivity contribution in [1.82, 2.24) is 9.91 Å². The second-order valence-electron chi connectivity index (χ2n) is 4.80. The quantitative estimate of drug-likeness (QED) is 0.360. The number of aliphatic hydroxyl groups is 3. The Balaban J connectivity index is 4.17. The number of hydrogen-bond acceptors (Lipinski definition) is 6. The molecule has 0 rings (SSSR count). The minimum absolute atomic E-state index is 0.181. The Bertz CT molecular complexity index is 214. The summed E-state index contributed by atoms with van der Waals surface area (Å²) in [5.74, 6) is 0. The van der Waals surface area contributed by atoms with Crippen LogP contribution in [0.1, 0.15) is 20.8 Å². The van der Waals surface area contributed by atoms with Crippen LogP contribution in [0.3, 0.4) is 0 Å². The molecule has 7 heteroatoms. The third-order valence-corrected chi connectivity index (χ3v) is 2.31. The van der Waals surface area contributed by atoms with Crippen LogP contribution in [-0.4, -0.2) is 76.3 Å².